The molecule has 0 aliphatic carbocycles. The summed E-state index contributed by atoms with van der Waals surface area (Å²) in [6.45, 7) is 4.43. The van der Waals surface area contributed by atoms with Crippen molar-refractivity contribution < 1.29 is 4.79 Å². The van der Waals surface area contributed by atoms with Crippen LogP contribution < -0.4 is 16.0 Å². The van der Waals surface area contributed by atoms with Crippen molar-refractivity contribution in [3.63, 3.8) is 0 Å². The van der Waals surface area contributed by atoms with Crippen LogP contribution in [0.4, 0.5) is 23.3 Å². The number of carbonyl (C=O) groups is 1. The number of para-hydroxylation sites is 1. The number of H-pyrrole nitrogens is 1. The lowest BCUT2D eigenvalue weighted by atomic mass is 9.98. The van der Waals surface area contributed by atoms with E-state index in [1.54, 1.807) is 23.1 Å². The van der Waals surface area contributed by atoms with Gasteiger partial charge >= 0.3 is 0 Å². The summed E-state index contributed by atoms with van der Waals surface area (Å²) in [6, 6.07) is 17.5. The van der Waals surface area contributed by atoms with Crippen molar-refractivity contribution in [2.75, 3.05) is 16.0 Å². The van der Waals surface area contributed by atoms with Crippen LogP contribution in [-0.2, 0) is 13.6 Å². The van der Waals surface area contributed by atoms with Gasteiger partial charge in [-0.3, -0.25) is 9.48 Å². The van der Waals surface area contributed by atoms with Crippen LogP contribution in [0.3, 0.4) is 0 Å². The molecule has 0 radical (unpaired) electrons. The molecule has 10 nitrogen and oxygen atoms in total. The summed E-state index contributed by atoms with van der Waals surface area (Å²) >= 11 is 0. The lowest BCUT2D eigenvalue weighted by Gasteiger charge is -2.17. The van der Waals surface area contributed by atoms with E-state index in [9.17, 15) is 4.79 Å². The van der Waals surface area contributed by atoms with Gasteiger partial charge in [0.1, 0.15) is 5.82 Å². The Morgan fingerprint density at radius 3 is 2.59 bits per heavy atom. The second-order valence-corrected chi connectivity index (χ2v) is 10.2. The average Bonchev–Trinajstić information content (AvgIpc) is 3.65. The summed E-state index contributed by atoms with van der Waals surface area (Å²) in [5.41, 5.74) is 14.7. The number of hydrogen-bond donors (Lipinski definition) is 3. The van der Waals surface area contributed by atoms with Crippen LogP contribution in [0.25, 0.3) is 33.3 Å². The highest BCUT2D eigenvalue weighted by Gasteiger charge is 2.32. The van der Waals surface area contributed by atoms with Crippen LogP contribution in [0.5, 0.6) is 0 Å². The normalized spacial score (nSPS) is 12.8. The Morgan fingerprint density at radius 2 is 1.80 bits per heavy atom. The van der Waals surface area contributed by atoms with Gasteiger partial charge in [-0.15, -0.1) is 0 Å². The van der Waals surface area contributed by atoms with Gasteiger partial charge in [-0.25, -0.2) is 15.0 Å². The number of nitrogen functional groups attached to an aromatic ring is 1. The zero-order valence-corrected chi connectivity index (χ0v) is 22.8. The number of anilines is 4. The zero-order chi connectivity index (χ0) is 28.2. The molecule has 0 unspecified atom stereocenters. The molecule has 5 heterocycles. The maximum atomic E-state index is 13.7. The van der Waals surface area contributed by atoms with Crippen LogP contribution >= 0.6 is 0 Å². The fourth-order valence-electron chi connectivity index (χ4n) is 5.43. The molecule has 10 heteroatoms. The minimum atomic E-state index is -0.0377. The minimum Gasteiger partial charge on any atom is -0.384 e. The third kappa shape index (κ3) is 4.08. The van der Waals surface area contributed by atoms with E-state index < -0.39 is 0 Å². The highest BCUT2D eigenvalue weighted by molar-refractivity contribution is 6.15. The van der Waals surface area contributed by atoms with Crippen molar-refractivity contribution in [2.24, 2.45) is 7.05 Å². The van der Waals surface area contributed by atoms with E-state index in [0.29, 0.717) is 29.7 Å². The molecule has 0 saturated carbocycles. The number of nitrogens with two attached hydrogens (primary N) is 1. The fraction of sp³-hybridized carbons (Fsp3) is 0.129. The van der Waals surface area contributed by atoms with Gasteiger partial charge in [0.05, 0.1) is 23.4 Å². The number of aromatic amines is 1. The maximum absolute atomic E-state index is 13.7. The summed E-state index contributed by atoms with van der Waals surface area (Å²) in [5.74, 6) is 1.57. The van der Waals surface area contributed by atoms with E-state index >= 15 is 0 Å². The molecule has 1 aliphatic heterocycles. The molecule has 0 fully saturated rings. The lowest BCUT2D eigenvalue weighted by Crippen LogP contribution is -2.23. The first kappa shape index (κ1) is 24.5. The van der Waals surface area contributed by atoms with Crippen molar-refractivity contribution in [2.45, 2.75) is 20.4 Å². The highest BCUT2D eigenvalue weighted by atomic mass is 16.2. The van der Waals surface area contributed by atoms with E-state index in [1.807, 2.05) is 80.5 Å². The van der Waals surface area contributed by atoms with Gasteiger partial charge < -0.3 is 20.9 Å². The molecule has 6 aromatic rings. The first-order valence-electron chi connectivity index (χ1n) is 13.2. The first-order valence-corrected chi connectivity index (χ1v) is 13.2. The number of hydrogen-bond acceptors (Lipinski definition) is 7. The van der Waals surface area contributed by atoms with Gasteiger partial charge in [0, 0.05) is 59.5 Å². The molecule has 0 saturated heterocycles. The van der Waals surface area contributed by atoms with Gasteiger partial charge in [0.25, 0.3) is 5.91 Å². The summed E-state index contributed by atoms with van der Waals surface area (Å²) in [7, 11) is 1.89. The van der Waals surface area contributed by atoms with Crippen LogP contribution in [0, 0.1) is 13.8 Å². The monoisotopic (exact) mass is 541 g/mol. The Balaban J connectivity index is 1.26. The van der Waals surface area contributed by atoms with E-state index in [4.69, 9.17) is 10.7 Å². The van der Waals surface area contributed by atoms with Crippen molar-refractivity contribution in [1.29, 1.82) is 0 Å². The number of fused-ring (bicyclic) bond motifs is 2. The average molecular weight is 542 g/mol. The van der Waals surface area contributed by atoms with Gasteiger partial charge in [0.15, 0.2) is 5.82 Å². The third-order valence-electron chi connectivity index (χ3n) is 7.63. The molecule has 0 bridgehead atoms. The Labute approximate surface area is 235 Å². The topological polar surface area (TPSA) is 131 Å². The molecule has 1 amide bonds. The Kier molecular flexibility index (Phi) is 5.56. The molecule has 0 spiro atoms. The van der Waals surface area contributed by atoms with Crippen molar-refractivity contribution in [3.05, 3.63) is 95.6 Å². The second-order valence-electron chi connectivity index (χ2n) is 10.2. The quantitative estimate of drug-likeness (QED) is 0.262. The standard InChI is InChI=1S/C31H27N9O/c1-17-13-35-31(36-27-12-18(2)39(3)38-27)37-28(17)23-15-34-29-21(23)7-5-9-25(29)40-16-24-20(6-4-8-22(24)30(40)41)19-10-11-26(32)33-14-19/h4-15,34H,16H2,1-3H3,(H2,32,33)(H,35,36,37,38). The van der Waals surface area contributed by atoms with Gasteiger partial charge in [-0.1, -0.05) is 24.3 Å². The number of carbonyl (C=O) groups excluding carboxylic acids is 1. The Bertz CT molecular complexity index is 1950. The van der Waals surface area contributed by atoms with Crippen LogP contribution in [-0.4, -0.2) is 35.6 Å². The molecule has 4 aromatic heterocycles. The predicted molar refractivity (Wildman–Crippen MR) is 160 cm³/mol. The molecule has 4 N–H and O–H groups in total. The van der Waals surface area contributed by atoms with Crippen molar-refractivity contribution in [1.82, 2.24) is 29.7 Å². The summed E-state index contributed by atoms with van der Waals surface area (Å²) < 4.78 is 1.80. The van der Waals surface area contributed by atoms with Gasteiger partial charge in [-0.2, -0.15) is 5.10 Å². The number of aryl methyl sites for hydroxylation is 3. The van der Waals surface area contributed by atoms with Crippen LogP contribution in [0.1, 0.15) is 27.2 Å². The number of amides is 1. The molecule has 2 aromatic carbocycles. The lowest BCUT2D eigenvalue weighted by molar-refractivity contribution is 0.0997. The highest BCUT2D eigenvalue weighted by Crippen LogP contribution is 2.40. The van der Waals surface area contributed by atoms with Crippen molar-refractivity contribution in [3.8, 4) is 22.4 Å². The number of nitrogens with zero attached hydrogens (tertiary/aromatic N) is 6. The summed E-state index contributed by atoms with van der Waals surface area (Å²) in [4.78, 5) is 32.5. The molecule has 1 aliphatic rings. The first-order chi connectivity index (χ1) is 19.9. The smallest absolute Gasteiger partial charge is 0.259 e. The maximum Gasteiger partial charge on any atom is 0.259 e. The SMILES string of the molecule is Cc1cnc(Nc2cc(C)n(C)n2)nc1-c1c[nH]c2c(N3Cc4c(cccc4-c4ccc(N)nc4)C3=O)cccc12. The molecule has 41 heavy (non-hydrogen) atoms. The van der Waals surface area contributed by atoms with Gasteiger partial charge in [-0.05, 0) is 54.8 Å². The molecule has 7 rings (SSSR count). The number of pyridine rings is 1. The summed E-state index contributed by atoms with van der Waals surface area (Å²) in [6.07, 6.45) is 5.49. The van der Waals surface area contributed by atoms with Crippen LogP contribution in [0.2, 0.25) is 0 Å². The molecule has 202 valence electrons. The van der Waals surface area contributed by atoms with Crippen molar-refractivity contribution >= 4 is 40.1 Å². The number of benzene rings is 2. The van der Waals surface area contributed by atoms with E-state index in [1.165, 1.54) is 0 Å². The number of nitrogens with one attached hydrogen (secondary N) is 2. The van der Waals surface area contributed by atoms with Crippen LogP contribution in [0.15, 0.2) is 73.2 Å². The minimum absolute atomic E-state index is 0.0377. The molecular weight excluding hydrogens is 514 g/mol. The fourth-order valence-corrected chi connectivity index (χ4v) is 5.43. The van der Waals surface area contributed by atoms with E-state index in [2.05, 4.69) is 25.4 Å². The number of aromatic nitrogens is 6. The Morgan fingerprint density at radius 1 is 0.976 bits per heavy atom. The van der Waals surface area contributed by atoms with E-state index in [0.717, 1.165) is 55.8 Å². The molecular formula is C31H27N9O. The van der Waals surface area contributed by atoms with Gasteiger partial charge in [0.2, 0.25) is 5.95 Å². The third-order valence-corrected chi connectivity index (χ3v) is 7.63. The molecule has 0 atom stereocenters. The second kappa shape index (κ2) is 9.30. The predicted octanol–water partition coefficient (Wildman–Crippen LogP) is 5.52. The zero-order valence-electron chi connectivity index (χ0n) is 22.8. The Hall–Kier alpha value is -5.51. The summed E-state index contributed by atoms with van der Waals surface area (Å²) in [5, 5.41) is 8.63. The largest absolute Gasteiger partial charge is 0.384 e. The number of rotatable bonds is 5. The van der Waals surface area contributed by atoms with E-state index in [-0.39, 0.29) is 5.91 Å².